The molecular formula is C15H23ClN4S. The summed E-state index contributed by atoms with van der Waals surface area (Å²) >= 11 is 1.89. The number of aryl methyl sites for hydroxylation is 1. The van der Waals surface area contributed by atoms with Gasteiger partial charge in [0.2, 0.25) is 0 Å². The normalized spacial score (nSPS) is 18.9. The molecular weight excluding hydrogens is 304 g/mol. The molecule has 0 spiro atoms. The van der Waals surface area contributed by atoms with Gasteiger partial charge in [-0.25, -0.2) is 0 Å². The second-order valence-corrected chi connectivity index (χ2v) is 6.66. The van der Waals surface area contributed by atoms with Gasteiger partial charge in [0.05, 0.1) is 6.20 Å². The quantitative estimate of drug-likeness (QED) is 0.917. The van der Waals surface area contributed by atoms with Crippen LogP contribution in [0.5, 0.6) is 0 Å². The van der Waals surface area contributed by atoms with Gasteiger partial charge in [-0.2, -0.15) is 5.10 Å². The van der Waals surface area contributed by atoms with Gasteiger partial charge >= 0.3 is 0 Å². The van der Waals surface area contributed by atoms with Gasteiger partial charge in [0, 0.05) is 47.7 Å². The fourth-order valence-electron chi connectivity index (χ4n) is 2.94. The van der Waals surface area contributed by atoms with Gasteiger partial charge in [0.15, 0.2) is 0 Å². The van der Waals surface area contributed by atoms with Crippen LogP contribution in [0.2, 0.25) is 0 Å². The Hall–Kier alpha value is -0.880. The summed E-state index contributed by atoms with van der Waals surface area (Å²) in [6, 6.07) is 5.19. The van der Waals surface area contributed by atoms with E-state index < -0.39 is 0 Å². The summed E-state index contributed by atoms with van der Waals surface area (Å²) in [5, 5.41) is 7.56. The van der Waals surface area contributed by atoms with Crippen LogP contribution in [0.15, 0.2) is 24.5 Å². The van der Waals surface area contributed by atoms with Gasteiger partial charge in [-0.05, 0) is 38.6 Å². The molecule has 116 valence electrons. The highest BCUT2D eigenvalue weighted by atomic mass is 35.5. The molecule has 3 rings (SSSR count). The Morgan fingerprint density at radius 3 is 3.00 bits per heavy atom. The van der Waals surface area contributed by atoms with Crippen molar-refractivity contribution in [2.45, 2.75) is 25.4 Å². The van der Waals surface area contributed by atoms with E-state index in [-0.39, 0.29) is 12.4 Å². The largest absolute Gasteiger partial charge is 0.318 e. The van der Waals surface area contributed by atoms with Crippen molar-refractivity contribution in [3.8, 4) is 10.4 Å². The second-order valence-electron chi connectivity index (χ2n) is 5.49. The molecule has 1 aliphatic rings. The first kappa shape index (κ1) is 16.5. The number of aromatic nitrogens is 2. The number of likely N-dealkylation sites (tertiary alicyclic amines) is 1. The molecule has 21 heavy (non-hydrogen) atoms. The number of thiophene rings is 1. The molecule has 0 radical (unpaired) electrons. The van der Waals surface area contributed by atoms with Crippen molar-refractivity contribution in [3.05, 3.63) is 29.4 Å². The fraction of sp³-hybridized carbons (Fsp3) is 0.533. The Labute approximate surface area is 136 Å². The summed E-state index contributed by atoms with van der Waals surface area (Å²) in [4.78, 5) is 5.37. The molecule has 2 aromatic heterocycles. The lowest BCUT2D eigenvalue weighted by atomic mass is 10.2. The average molecular weight is 327 g/mol. The average Bonchev–Trinajstić information content (AvgIpc) is 3.13. The van der Waals surface area contributed by atoms with Gasteiger partial charge < -0.3 is 5.32 Å². The monoisotopic (exact) mass is 326 g/mol. The third kappa shape index (κ3) is 3.86. The van der Waals surface area contributed by atoms with E-state index in [4.69, 9.17) is 0 Å². The van der Waals surface area contributed by atoms with E-state index in [1.54, 1.807) is 0 Å². The molecule has 1 fully saturated rings. The minimum Gasteiger partial charge on any atom is -0.318 e. The van der Waals surface area contributed by atoms with E-state index >= 15 is 0 Å². The van der Waals surface area contributed by atoms with Crippen LogP contribution in [-0.4, -0.2) is 40.9 Å². The van der Waals surface area contributed by atoms with Crippen LogP contribution < -0.4 is 5.32 Å². The first-order chi connectivity index (χ1) is 9.76. The predicted molar refractivity (Wildman–Crippen MR) is 91.1 cm³/mol. The van der Waals surface area contributed by atoms with E-state index in [9.17, 15) is 0 Å². The van der Waals surface area contributed by atoms with E-state index in [0.29, 0.717) is 6.04 Å². The zero-order valence-electron chi connectivity index (χ0n) is 12.6. The lowest BCUT2D eigenvalue weighted by Gasteiger charge is -2.23. The molecule has 0 amide bonds. The van der Waals surface area contributed by atoms with Crippen LogP contribution in [-0.2, 0) is 13.6 Å². The number of likely N-dealkylation sites (N-methyl/N-ethyl adjacent to an activating group) is 1. The first-order valence-corrected chi connectivity index (χ1v) is 8.04. The molecule has 0 saturated carbocycles. The van der Waals surface area contributed by atoms with Crippen molar-refractivity contribution < 1.29 is 0 Å². The Kier molecular flexibility index (Phi) is 5.81. The maximum absolute atomic E-state index is 4.25. The Morgan fingerprint density at radius 2 is 2.29 bits per heavy atom. The topological polar surface area (TPSA) is 33.1 Å². The molecule has 6 heteroatoms. The van der Waals surface area contributed by atoms with Crippen LogP contribution in [0.3, 0.4) is 0 Å². The highest BCUT2D eigenvalue weighted by Crippen LogP contribution is 2.30. The molecule has 1 aliphatic heterocycles. The van der Waals surface area contributed by atoms with Crippen LogP contribution >= 0.6 is 23.7 Å². The summed E-state index contributed by atoms with van der Waals surface area (Å²) < 4.78 is 1.86. The third-order valence-corrected chi connectivity index (χ3v) is 5.07. The van der Waals surface area contributed by atoms with Gasteiger partial charge in [0.25, 0.3) is 0 Å². The van der Waals surface area contributed by atoms with Gasteiger partial charge in [-0.15, -0.1) is 23.7 Å². The molecule has 1 atom stereocenters. The maximum Gasteiger partial charge on any atom is 0.0576 e. The van der Waals surface area contributed by atoms with E-state index in [0.717, 1.165) is 13.1 Å². The van der Waals surface area contributed by atoms with Crippen LogP contribution in [0.1, 0.15) is 17.7 Å². The highest BCUT2D eigenvalue weighted by Gasteiger charge is 2.24. The van der Waals surface area contributed by atoms with Crippen molar-refractivity contribution in [2.75, 3.05) is 20.1 Å². The molecule has 1 N–H and O–H groups in total. The number of hydrogen-bond donors (Lipinski definition) is 1. The van der Waals surface area contributed by atoms with E-state index in [1.165, 1.54) is 34.7 Å². The lowest BCUT2D eigenvalue weighted by molar-refractivity contribution is 0.244. The van der Waals surface area contributed by atoms with Gasteiger partial charge in [0.1, 0.15) is 0 Å². The minimum atomic E-state index is 0. The lowest BCUT2D eigenvalue weighted by Crippen LogP contribution is -2.36. The summed E-state index contributed by atoms with van der Waals surface area (Å²) in [6.07, 6.45) is 6.67. The molecule has 2 aromatic rings. The zero-order valence-corrected chi connectivity index (χ0v) is 14.2. The van der Waals surface area contributed by atoms with Crippen LogP contribution in [0, 0.1) is 0 Å². The summed E-state index contributed by atoms with van der Waals surface area (Å²) in [7, 11) is 4.01. The van der Waals surface area contributed by atoms with Gasteiger partial charge in [-0.3, -0.25) is 9.58 Å². The van der Waals surface area contributed by atoms with Crippen molar-refractivity contribution >= 4 is 23.7 Å². The number of halogens is 1. The minimum absolute atomic E-state index is 0. The Bertz CT molecular complexity index is 566. The molecule has 1 saturated heterocycles. The van der Waals surface area contributed by atoms with E-state index in [1.807, 2.05) is 36.3 Å². The summed E-state index contributed by atoms with van der Waals surface area (Å²) in [5.74, 6) is 0. The fourth-order valence-corrected chi connectivity index (χ4v) is 3.95. The van der Waals surface area contributed by atoms with Crippen molar-refractivity contribution in [3.63, 3.8) is 0 Å². The SMILES string of the molecule is CNCC1CCCN1Cc1ccc(-c2cnn(C)c2)s1.Cl. The van der Waals surface area contributed by atoms with Gasteiger partial charge in [-0.1, -0.05) is 0 Å². The second kappa shape index (κ2) is 7.40. The van der Waals surface area contributed by atoms with Crippen LogP contribution in [0.4, 0.5) is 0 Å². The molecule has 4 nitrogen and oxygen atoms in total. The smallest absolute Gasteiger partial charge is 0.0576 e. The molecule has 0 bridgehead atoms. The maximum atomic E-state index is 4.25. The number of hydrogen-bond acceptors (Lipinski definition) is 4. The Balaban J connectivity index is 0.00000161. The van der Waals surface area contributed by atoms with Crippen LogP contribution in [0.25, 0.3) is 10.4 Å². The zero-order chi connectivity index (χ0) is 13.9. The predicted octanol–water partition coefficient (Wildman–Crippen LogP) is 2.75. The number of nitrogens with zero attached hydrogens (tertiary/aromatic N) is 3. The first-order valence-electron chi connectivity index (χ1n) is 7.22. The number of nitrogens with one attached hydrogen (secondary N) is 1. The third-order valence-electron chi connectivity index (χ3n) is 3.95. The standard InChI is InChI=1S/C15H22N4S.ClH/c1-16-9-13-4-3-7-19(13)11-14-5-6-15(20-14)12-8-17-18(2)10-12;/h5-6,8,10,13,16H,3-4,7,9,11H2,1-2H3;1H. The van der Waals surface area contributed by atoms with Crippen molar-refractivity contribution in [2.24, 2.45) is 7.05 Å². The highest BCUT2D eigenvalue weighted by molar-refractivity contribution is 7.15. The molecule has 1 unspecified atom stereocenters. The molecule has 3 heterocycles. The van der Waals surface area contributed by atoms with Crippen molar-refractivity contribution in [1.82, 2.24) is 20.0 Å². The summed E-state index contributed by atoms with van der Waals surface area (Å²) in [5.41, 5.74) is 1.22. The van der Waals surface area contributed by atoms with Crippen molar-refractivity contribution in [1.29, 1.82) is 0 Å². The molecule has 0 aromatic carbocycles. The number of rotatable bonds is 5. The Morgan fingerprint density at radius 1 is 1.43 bits per heavy atom. The summed E-state index contributed by atoms with van der Waals surface area (Å²) in [6.45, 7) is 3.41. The molecule has 0 aliphatic carbocycles. The van der Waals surface area contributed by atoms with E-state index in [2.05, 4.69) is 33.6 Å².